The number of nitrogens with zero attached hydrogens (tertiary/aromatic N) is 4. The molecule has 10 aromatic carbocycles. The van der Waals surface area contributed by atoms with Gasteiger partial charge in [-0.05, 0) is 107 Å². The molecule has 0 saturated heterocycles. The highest BCUT2D eigenvalue weighted by molar-refractivity contribution is 14.2. The van der Waals surface area contributed by atoms with Crippen LogP contribution in [-0.4, -0.2) is 32.1 Å². The van der Waals surface area contributed by atoms with Gasteiger partial charge in [-0.15, -0.1) is 0 Å². The first-order valence-corrected chi connectivity index (χ1v) is 27.7. The van der Waals surface area contributed by atoms with E-state index in [-0.39, 0.29) is 5.75 Å². The fraction of sp³-hybridized carbons (Fsp3) is 0.0154. The summed E-state index contributed by atoms with van der Waals surface area (Å²) in [5.74, 6) is 0.855. The number of amidine groups is 1. The van der Waals surface area contributed by atoms with Gasteiger partial charge in [-0.3, -0.25) is 4.57 Å². The van der Waals surface area contributed by atoms with Crippen LogP contribution in [-0.2, 0) is 0 Å². The summed E-state index contributed by atoms with van der Waals surface area (Å²) in [4.78, 5) is 10.7. The van der Waals surface area contributed by atoms with Gasteiger partial charge in [-0.1, -0.05) is 175 Å². The molecule has 1 aliphatic rings. The maximum absolute atomic E-state index is 12.0. The maximum Gasteiger partial charge on any atom is 0.169 e. The molecule has 342 valence electrons. The second-order valence-electron chi connectivity index (χ2n) is 18.4. The van der Waals surface area contributed by atoms with Crippen molar-refractivity contribution in [3.8, 4) is 44.8 Å². The Labute approximate surface area is 421 Å². The number of benzene rings is 10. The quantitative estimate of drug-likeness (QED) is 0.162. The average molecular weight is 1040 g/mol. The number of rotatable bonds is 7. The number of para-hydroxylation sites is 2. The molecule has 0 radical (unpaired) electrons. The summed E-state index contributed by atoms with van der Waals surface area (Å²) >= 11 is -2.54. The summed E-state index contributed by atoms with van der Waals surface area (Å²) in [6.07, 6.45) is 0. The van der Waals surface area contributed by atoms with Gasteiger partial charge in [0.1, 0.15) is 20.6 Å². The van der Waals surface area contributed by atoms with Crippen LogP contribution in [0.25, 0.3) is 105 Å². The van der Waals surface area contributed by atoms with E-state index < -0.39 is 18.9 Å². The van der Waals surface area contributed by atoms with Gasteiger partial charge in [0.15, 0.2) is 9.59 Å². The summed E-state index contributed by atoms with van der Waals surface area (Å²) in [5.41, 5.74) is 16.2. The van der Waals surface area contributed by atoms with Crippen molar-refractivity contribution in [3.05, 3.63) is 241 Å². The lowest BCUT2D eigenvalue weighted by molar-refractivity contribution is 0.478. The summed E-state index contributed by atoms with van der Waals surface area (Å²) < 4.78 is 18.0. The zero-order valence-electron chi connectivity index (χ0n) is 39.1. The molecular weight excluding hydrogens is 996 g/mol. The third-order valence-electron chi connectivity index (χ3n) is 14.2. The van der Waals surface area contributed by atoms with E-state index in [9.17, 15) is 5.11 Å². The number of aryl methyl sites for hydroxylation is 1. The van der Waals surface area contributed by atoms with Crippen LogP contribution in [0.5, 0.6) is 5.75 Å². The molecule has 7 heteroatoms. The standard InChI is InChI=1S/C65H43IN4O2/c1-40-17-12-13-24-47(40)53-38-52-51-35-43(29-32-57(51)70(58(52)39-59(53)71)65-66(2)63(41-18-6-3-7-19-41)67-64(68-65)42-20-8-4-9-21-42)44-31-34-60-54(36-44)62-48(26-16-28-61(62)72-60)45-30-33-56-50(37-45)49-25-14-15-27-55(49)69(56)46-22-10-5-11-23-46/h3-39,71H,2H2,1H3. The van der Waals surface area contributed by atoms with Crippen LogP contribution >= 0.6 is 18.9 Å². The molecule has 0 fully saturated rings. The second-order valence-corrected chi connectivity index (χ2v) is 22.4. The lowest BCUT2D eigenvalue weighted by Crippen LogP contribution is -2.17. The lowest BCUT2D eigenvalue weighted by Gasteiger charge is -2.18. The first-order chi connectivity index (χ1) is 35.4. The molecule has 14 rings (SSSR count). The minimum absolute atomic E-state index is 0.209. The van der Waals surface area contributed by atoms with Crippen LogP contribution in [0.1, 0.15) is 16.7 Å². The van der Waals surface area contributed by atoms with Gasteiger partial charge in [-0.2, -0.15) is 0 Å². The SMILES string of the molecule is C=I1=C(n2c3ccc(-c4ccc5oc6cccc(-c7ccc8c(c7)c7ccccc7n8-c7ccccc7)c6c5c4)cc3c3cc(-c4ccccc4C)c(O)cc32)N=C(c2ccccc2)N=C1c1ccccc1. The lowest BCUT2D eigenvalue weighted by atomic mass is 9.95. The molecule has 0 amide bonds. The summed E-state index contributed by atoms with van der Waals surface area (Å²) in [6.45, 7) is 2.09. The van der Waals surface area contributed by atoms with Crippen molar-refractivity contribution in [3.63, 3.8) is 0 Å². The molecule has 3 aromatic heterocycles. The van der Waals surface area contributed by atoms with E-state index in [1.165, 1.54) is 21.8 Å². The fourth-order valence-corrected chi connectivity index (χ4v) is 14.5. The molecule has 0 bridgehead atoms. The number of phenols is 1. The van der Waals surface area contributed by atoms with Crippen molar-refractivity contribution in [2.75, 3.05) is 0 Å². The molecular formula is C65H43IN4O2. The van der Waals surface area contributed by atoms with E-state index in [0.717, 1.165) is 107 Å². The van der Waals surface area contributed by atoms with Gasteiger partial charge in [-0.25, -0.2) is 9.98 Å². The Bertz CT molecular complexity index is 4530. The van der Waals surface area contributed by atoms with Crippen molar-refractivity contribution in [2.24, 2.45) is 9.98 Å². The molecule has 0 spiro atoms. The van der Waals surface area contributed by atoms with Crippen LogP contribution in [0.2, 0.25) is 0 Å². The number of aromatic nitrogens is 2. The highest BCUT2D eigenvalue weighted by Gasteiger charge is 2.24. The third-order valence-corrected chi connectivity index (χ3v) is 18.2. The Kier molecular flexibility index (Phi) is 9.76. The first kappa shape index (κ1) is 42.1. The molecule has 0 unspecified atom stereocenters. The van der Waals surface area contributed by atoms with Gasteiger partial charge in [0.25, 0.3) is 0 Å². The van der Waals surface area contributed by atoms with E-state index >= 15 is 0 Å². The number of hydrogen-bond donors (Lipinski definition) is 1. The molecule has 72 heavy (non-hydrogen) atoms. The molecule has 0 aliphatic carbocycles. The summed E-state index contributed by atoms with van der Waals surface area (Å²) in [7, 11) is 0. The number of aromatic hydroxyl groups is 1. The van der Waals surface area contributed by atoms with Crippen LogP contribution in [0.15, 0.2) is 239 Å². The Morgan fingerprint density at radius 1 is 0.431 bits per heavy atom. The molecule has 0 atom stereocenters. The van der Waals surface area contributed by atoms with Gasteiger partial charge >= 0.3 is 0 Å². The summed E-state index contributed by atoms with van der Waals surface area (Å²) in [5, 5.41) is 18.6. The maximum atomic E-state index is 12.0. The summed E-state index contributed by atoms with van der Waals surface area (Å²) in [6, 6.07) is 78.6. The normalized spacial score (nSPS) is 13.3. The van der Waals surface area contributed by atoms with Crippen molar-refractivity contribution in [2.45, 2.75) is 6.92 Å². The number of halogens is 1. The van der Waals surface area contributed by atoms with Gasteiger partial charge in [0.2, 0.25) is 0 Å². The zero-order chi connectivity index (χ0) is 48.0. The number of fused-ring (bicyclic) bond motifs is 9. The number of phenolic OH excluding ortho intramolecular Hbond substituents is 1. The Morgan fingerprint density at radius 2 is 1.03 bits per heavy atom. The Balaban J connectivity index is 0.968. The molecule has 1 aliphatic heterocycles. The van der Waals surface area contributed by atoms with E-state index in [2.05, 4.69) is 198 Å². The third kappa shape index (κ3) is 6.68. The predicted molar refractivity (Wildman–Crippen MR) is 311 cm³/mol. The van der Waals surface area contributed by atoms with Gasteiger partial charge in [0.05, 0.1) is 22.1 Å². The van der Waals surface area contributed by atoms with E-state index in [1.807, 2.05) is 42.5 Å². The van der Waals surface area contributed by atoms with Crippen LogP contribution in [0.4, 0.5) is 0 Å². The number of hydrogen-bond acceptors (Lipinski definition) is 4. The van der Waals surface area contributed by atoms with Crippen LogP contribution in [0, 0.1) is 6.92 Å². The van der Waals surface area contributed by atoms with Crippen molar-refractivity contribution >= 4 is 102 Å². The van der Waals surface area contributed by atoms with Crippen molar-refractivity contribution in [1.29, 1.82) is 0 Å². The smallest absolute Gasteiger partial charge is 0.169 e. The highest BCUT2D eigenvalue weighted by atomic mass is 127. The van der Waals surface area contributed by atoms with E-state index in [1.54, 1.807) is 0 Å². The highest BCUT2D eigenvalue weighted by Crippen LogP contribution is 2.44. The minimum Gasteiger partial charge on any atom is -0.507 e. The largest absolute Gasteiger partial charge is 0.507 e. The Hall–Kier alpha value is -8.79. The first-order valence-electron chi connectivity index (χ1n) is 24.0. The predicted octanol–water partition coefficient (Wildman–Crippen LogP) is 16.6. The minimum atomic E-state index is -2.54. The monoisotopic (exact) mass is 1040 g/mol. The number of aliphatic imine (C=N–C) groups is 2. The van der Waals surface area contributed by atoms with E-state index in [0.29, 0.717) is 5.84 Å². The van der Waals surface area contributed by atoms with Gasteiger partial charge in [0, 0.05) is 60.8 Å². The van der Waals surface area contributed by atoms with E-state index in [4.69, 9.17) is 18.9 Å². The molecule has 6 nitrogen and oxygen atoms in total. The van der Waals surface area contributed by atoms with Crippen LogP contribution < -0.4 is 0 Å². The number of furan rings is 1. The second kappa shape index (κ2) is 16.7. The Morgan fingerprint density at radius 3 is 1.82 bits per heavy atom. The van der Waals surface area contributed by atoms with Crippen molar-refractivity contribution < 1.29 is 9.52 Å². The molecule has 13 aromatic rings. The molecule has 1 N–H and O–H groups in total. The molecule has 0 saturated carbocycles. The van der Waals surface area contributed by atoms with Crippen LogP contribution in [0.3, 0.4) is 0 Å². The zero-order valence-corrected chi connectivity index (χ0v) is 41.2. The average Bonchev–Trinajstić information content (AvgIpc) is 4.08. The topological polar surface area (TPSA) is 68.0 Å². The van der Waals surface area contributed by atoms with Gasteiger partial charge < -0.3 is 14.1 Å². The fourth-order valence-electron chi connectivity index (χ4n) is 10.8. The van der Waals surface area contributed by atoms with Crippen molar-refractivity contribution in [1.82, 2.24) is 9.13 Å². The molecule has 4 heterocycles.